The Morgan fingerprint density at radius 1 is 1.35 bits per heavy atom. The molecule has 0 radical (unpaired) electrons. The molecule has 0 atom stereocenters. The molecule has 0 unspecified atom stereocenters. The van der Waals surface area contributed by atoms with Gasteiger partial charge in [0.05, 0.1) is 6.20 Å². The van der Waals surface area contributed by atoms with Crippen LogP contribution in [0.3, 0.4) is 0 Å². The third-order valence-corrected chi connectivity index (χ3v) is 2.08. The molecule has 2 rings (SSSR count). The fourth-order valence-corrected chi connectivity index (χ4v) is 1.28. The predicted molar refractivity (Wildman–Crippen MR) is 62.7 cm³/mol. The number of nitrogens with one attached hydrogen (secondary N) is 2. The van der Waals surface area contributed by atoms with Crippen LogP contribution in [0.15, 0.2) is 42.6 Å². The van der Waals surface area contributed by atoms with E-state index in [2.05, 4.69) is 15.5 Å². The lowest BCUT2D eigenvalue weighted by molar-refractivity contribution is -0.111. The fourth-order valence-electron chi connectivity index (χ4n) is 1.28. The summed E-state index contributed by atoms with van der Waals surface area (Å²) in [5.41, 5.74) is 0.368. The van der Waals surface area contributed by atoms with Gasteiger partial charge in [0.25, 0.3) is 0 Å². The number of aromatic amines is 1. The second kappa shape index (κ2) is 5.07. The molecular formula is C12H10FN3O. The van der Waals surface area contributed by atoms with Crippen LogP contribution >= 0.6 is 0 Å². The highest BCUT2D eigenvalue weighted by molar-refractivity contribution is 6.01. The smallest absolute Gasteiger partial charge is 0.249 e. The number of rotatable bonds is 3. The second-order valence-corrected chi connectivity index (χ2v) is 3.31. The predicted octanol–water partition coefficient (Wildman–Crippen LogP) is 2.20. The van der Waals surface area contributed by atoms with E-state index >= 15 is 0 Å². The summed E-state index contributed by atoms with van der Waals surface area (Å²) < 4.78 is 13.2. The summed E-state index contributed by atoms with van der Waals surface area (Å²) in [7, 11) is 0. The van der Waals surface area contributed by atoms with E-state index in [-0.39, 0.29) is 11.7 Å². The quantitative estimate of drug-likeness (QED) is 0.795. The summed E-state index contributed by atoms with van der Waals surface area (Å²) in [6, 6.07) is 7.85. The normalized spacial score (nSPS) is 10.6. The molecule has 86 valence electrons. The van der Waals surface area contributed by atoms with Gasteiger partial charge < -0.3 is 5.32 Å². The molecular weight excluding hydrogens is 221 g/mol. The van der Waals surface area contributed by atoms with E-state index in [0.29, 0.717) is 11.4 Å². The molecule has 0 saturated carbocycles. The molecule has 0 aliphatic heterocycles. The maximum atomic E-state index is 13.2. The Bertz CT molecular complexity index is 534. The molecule has 2 aromatic rings. The molecule has 0 saturated heterocycles. The van der Waals surface area contributed by atoms with Gasteiger partial charge in [0.1, 0.15) is 11.6 Å². The number of nitrogens with zero attached hydrogens (tertiary/aromatic N) is 1. The van der Waals surface area contributed by atoms with E-state index in [1.807, 2.05) is 0 Å². The van der Waals surface area contributed by atoms with Crippen LogP contribution in [0.25, 0.3) is 6.08 Å². The summed E-state index contributed by atoms with van der Waals surface area (Å²) in [6.07, 6.45) is 4.20. The number of hydrogen-bond donors (Lipinski definition) is 2. The SMILES string of the molecule is O=C(/C=C/c1ccccc1F)Nc1ccn[nH]1. The van der Waals surface area contributed by atoms with E-state index in [4.69, 9.17) is 0 Å². The van der Waals surface area contributed by atoms with E-state index < -0.39 is 0 Å². The van der Waals surface area contributed by atoms with Gasteiger partial charge in [-0.05, 0) is 12.1 Å². The summed E-state index contributed by atoms with van der Waals surface area (Å²) in [5.74, 6) is -0.219. The van der Waals surface area contributed by atoms with Gasteiger partial charge in [-0.15, -0.1) is 0 Å². The molecule has 2 N–H and O–H groups in total. The monoisotopic (exact) mass is 231 g/mol. The minimum Gasteiger partial charge on any atom is -0.307 e. The van der Waals surface area contributed by atoms with Gasteiger partial charge in [0, 0.05) is 17.7 Å². The molecule has 0 aliphatic rings. The van der Waals surface area contributed by atoms with Gasteiger partial charge in [-0.2, -0.15) is 5.10 Å². The van der Waals surface area contributed by atoms with Crippen molar-refractivity contribution in [2.24, 2.45) is 0 Å². The number of anilines is 1. The highest BCUT2D eigenvalue weighted by Crippen LogP contribution is 2.08. The van der Waals surface area contributed by atoms with Crippen LogP contribution in [0.4, 0.5) is 10.2 Å². The third kappa shape index (κ3) is 3.01. The van der Waals surface area contributed by atoms with Gasteiger partial charge in [-0.3, -0.25) is 9.89 Å². The number of halogens is 1. The van der Waals surface area contributed by atoms with Gasteiger partial charge >= 0.3 is 0 Å². The van der Waals surface area contributed by atoms with Crippen molar-refractivity contribution in [3.8, 4) is 0 Å². The Morgan fingerprint density at radius 3 is 2.88 bits per heavy atom. The first-order valence-electron chi connectivity index (χ1n) is 4.98. The minimum absolute atomic E-state index is 0.350. The number of carbonyl (C=O) groups is 1. The molecule has 1 aromatic heterocycles. The van der Waals surface area contributed by atoms with Gasteiger partial charge in [0.2, 0.25) is 5.91 Å². The summed E-state index contributed by atoms with van der Waals surface area (Å²) in [4.78, 5) is 11.4. The lowest BCUT2D eigenvalue weighted by Crippen LogP contribution is -2.07. The van der Waals surface area contributed by atoms with Crippen molar-refractivity contribution in [2.45, 2.75) is 0 Å². The van der Waals surface area contributed by atoms with Crippen molar-refractivity contribution < 1.29 is 9.18 Å². The molecule has 4 nitrogen and oxygen atoms in total. The van der Waals surface area contributed by atoms with Crippen LogP contribution in [0, 0.1) is 5.82 Å². The molecule has 17 heavy (non-hydrogen) atoms. The van der Waals surface area contributed by atoms with Gasteiger partial charge in [0.15, 0.2) is 0 Å². The molecule has 1 amide bonds. The zero-order chi connectivity index (χ0) is 12.1. The standard InChI is InChI=1S/C12H10FN3O/c13-10-4-2-1-3-9(10)5-6-12(17)15-11-7-8-14-16-11/h1-8H,(H2,14,15,16,17)/b6-5+. The third-order valence-electron chi connectivity index (χ3n) is 2.08. The van der Waals surface area contributed by atoms with Crippen molar-refractivity contribution in [3.05, 3.63) is 54.0 Å². The molecule has 5 heteroatoms. The van der Waals surface area contributed by atoms with Crippen molar-refractivity contribution in [2.75, 3.05) is 5.32 Å². The zero-order valence-electron chi connectivity index (χ0n) is 8.85. The topological polar surface area (TPSA) is 57.8 Å². The van der Waals surface area contributed by atoms with Crippen molar-refractivity contribution >= 4 is 17.8 Å². The Labute approximate surface area is 97.2 Å². The Hall–Kier alpha value is -2.43. The Kier molecular flexibility index (Phi) is 3.30. The average Bonchev–Trinajstić information content (AvgIpc) is 2.81. The van der Waals surface area contributed by atoms with Gasteiger partial charge in [-0.25, -0.2) is 4.39 Å². The summed E-state index contributed by atoms with van der Waals surface area (Å²) in [6.45, 7) is 0. The lowest BCUT2D eigenvalue weighted by Gasteiger charge is -1.97. The van der Waals surface area contributed by atoms with Crippen molar-refractivity contribution in [1.82, 2.24) is 10.2 Å². The summed E-state index contributed by atoms with van der Waals surface area (Å²) in [5, 5.41) is 8.82. The van der Waals surface area contributed by atoms with E-state index in [1.165, 1.54) is 24.4 Å². The second-order valence-electron chi connectivity index (χ2n) is 3.31. The van der Waals surface area contributed by atoms with Gasteiger partial charge in [-0.1, -0.05) is 18.2 Å². The maximum Gasteiger partial charge on any atom is 0.249 e. The molecule has 1 heterocycles. The number of carbonyl (C=O) groups excluding carboxylic acids is 1. The van der Waals surface area contributed by atoms with Crippen LogP contribution in [-0.4, -0.2) is 16.1 Å². The number of hydrogen-bond acceptors (Lipinski definition) is 2. The highest BCUT2D eigenvalue weighted by atomic mass is 19.1. The molecule has 0 aliphatic carbocycles. The molecule has 0 spiro atoms. The molecule has 1 aromatic carbocycles. The van der Waals surface area contributed by atoms with Crippen LogP contribution in [0.2, 0.25) is 0 Å². The first-order valence-corrected chi connectivity index (χ1v) is 4.98. The lowest BCUT2D eigenvalue weighted by atomic mass is 10.2. The highest BCUT2D eigenvalue weighted by Gasteiger charge is 1.99. The molecule has 0 bridgehead atoms. The first-order chi connectivity index (χ1) is 8.25. The first kappa shape index (κ1) is 11.1. The van der Waals surface area contributed by atoms with Crippen LogP contribution in [0.1, 0.15) is 5.56 Å². The fraction of sp³-hybridized carbons (Fsp3) is 0. The maximum absolute atomic E-state index is 13.2. The number of H-pyrrole nitrogens is 1. The van der Waals surface area contributed by atoms with Crippen LogP contribution in [-0.2, 0) is 4.79 Å². The van der Waals surface area contributed by atoms with E-state index in [0.717, 1.165) is 0 Å². The molecule has 0 fully saturated rings. The van der Waals surface area contributed by atoms with Crippen LogP contribution in [0.5, 0.6) is 0 Å². The summed E-state index contributed by atoms with van der Waals surface area (Å²) >= 11 is 0. The zero-order valence-corrected chi connectivity index (χ0v) is 8.85. The minimum atomic E-state index is -0.363. The van der Waals surface area contributed by atoms with Crippen molar-refractivity contribution in [1.29, 1.82) is 0 Å². The van der Waals surface area contributed by atoms with Crippen molar-refractivity contribution in [3.63, 3.8) is 0 Å². The number of aromatic nitrogens is 2. The van der Waals surface area contributed by atoms with E-state index in [9.17, 15) is 9.18 Å². The van der Waals surface area contributed by atoms with Crippen LogP contribution < -0.4 is 5.32 Å². The van der Waals surface area contributed by atoms with E-state index in [1.54, 1.807) is 24.3 Å². The number of benzene rings is 1. The Morgan fingerprint density at radius 2 is 2.18 bits per heavy atom. The average molecular weight is 231 g/mol. The number of amides is 1. The Balaban J connectivity index is 2.01. The largest absolute Gasteiger partial charge is 0.307 e.